The van der Waals surface area contributed by atoms with Crippen molar-refractivity contribution >= 4 is 27.4 Å². The number of allylic oxidation sites excluding steroid dienone is 1. The maximum Gasteiger partial charge on any atom is 0.319 e. The highest BCUT2D eigenvalue weighted by molar-refractivity contribution is 7.92. The number of anilines is 2. The van der Waals surface area contributed by atoms with Crippen LogP contribution < -0.4 is 15.4 Å². The lowest BCUT2D eigenvalue weighted by Crippen LogP contribution is -2.37. The molecule has 0 fully saturated rings. The Morgan fingerprint density at radius 3 is 2.67 bits per heavy atom. The van der Waals surface area contributed by atoms with E-state index in [0.29, 0.717) is 0 Å². The van der Waals surface area contributed by atoms with Gasteiger partial charge in [0.15, 0.2) is 0 Å². The molecule has 1 aliphatic rings. The fraction of sp³-hybridized carbons (Fsp3) is 0.438. The maximum atomic E-state index is 13.8. The molecule has 3 N–H and O–H groups in total. The molecular weight excluding hydrogens is 333 g/mol. The van der Waals surface area contributed by atoms with E-state index in [-0.39, 0.29) is 17.4 Å². The molecule has 0 aliphatic heterocycles. The van der Waals surface area contributed by atoms with Crippen LogP contribution in [0.15, 0.2) is 29.8 Å². The summed E-state index contributed by atoms with van der Waals surface area (Å²) in [5.74, 6) is -0.645. The highest BCUT2D eigenvalue weighted by Crippen LogP contribution is 2.22. The van der Waals surface area contributed by atoms with E-state index in [0.717, 1.165) is 38.0 Å². The standard InChI is InChI=1S/C16H22FN3O3S/c1-11(12-6-4-3-5-7-12)18-16(21)19-15-10-13(8-9-14(15)17)20-24(2,22)23/h6,8-11,20H,3-5,7H2,1-2H3,(H2,18,19,21)/t11-/m0/s1. The molecule has 1 aromatic carbocycles. The van der Waals surface area contributed by atoms with E-state index < -0.39 is 21.9 Å². The first-order valence-corrected chi connectivity index (χ1v) is 9.67. The van der Waals surface area contributed by atoms with Crippen LogP contribution in [0.25, 0.3) is 0 Å². The number of halogens is 1. The van der Waals surface area contributed by atoms with Crippen LogP contribution in [0.3, 0.4) is 0 Å². The molecule has 2 rings (SSSR count). The van der Waals surface area contributed by atoms with Gasteiger partial charge in [-0.05, 0) is 50.8 Å². The van der Waals surface area contributed by atoms with Crippen LogP contribution >= 0.6 is 0 Å². The smallest absolute Gasteiger partial charge is 0.319 e. The summed E-state index contributed by atoms with van der Waals surface area (Å²) >= 11 is 0. The van der Waals surface area contributed by atoms with Crippen molar-refractivity contribution in [2.75, 3.05) is 16.3 Å². The summed E-state index contributed by atoms with van der Waals surface area (Å²) < 4.78 is 38.5. The van der Waals surface area contributed by atoms with Gasteiger partial charge < -0.3 is 10.6 Å². The first-order chi connectivity index (χ1) is 11.2. The van der Waals surface area contributed by atoms with Gasteiger partial charge in [0.05, 0.1) is 17.6 Å². The number of amides is 2. The third-order valence-electron chi connectivity index (χ3n) is 3.75. The maximum absolute atomic E-state index is 13.8. The molecule has 0 aromatic heterocycles. The predicted molar refractivity (Wildman–Crippen MR) is 93.0 cm³/mol. The lowest BCUT2D eigenvalue weighted by molar-refractivity contribution is 0.250. The van der Waals surface area contributed by atoms with Crippen LogP contribution in [0, 0.1) is 5.82 Å². The monoisotopic (exact) mass is 355 g/mol. The molecule has 0 heterocycles. The van der Waals surface area contributed by atoms with Crippen LogP contribution in [-0.4, -0.2) is 26.7 Å². The van der Waals surface area contributed by atoms with Gasteiger partial charge in [0, 0.05) is 6.04 Å². The number of hydrogen-bond acceptors (Lipinski definition) is 3. The Balaban J connectivity index is 2.02. The number of carbonyl (C=O) groups is 1. The largest absolute Gasteiger partial charge is 0.332 e. The second-order valence-electron chi connectivity index (χ2n) is 5.91. The van der Waals surface area contributed by atoms with Crippen molar-refractivity contribution in [1.82, 2.24) is 5.32 Å². The molecule has 2 amide bonds. The van der Waals surface area contributed by atoms with E-state index in [1.807, 2.05) is 6.92 Å². The molecule has 0 bridgehead atoms. The number of benzene rings is 1. The summed E-state index contributed by atoms with van der Waals surface area (Å²) in [4.78, 5) is 12.1. The van der Waals surface area contributed by atoms with Gasteiger partial charge >= 0.3 is 6.03 Å². The molecule has 0 spiro atoms. The minimum atomic E-state index is -3.48. The first-order valence-electron chi connectivity index (χ1n) is 7.78. The summed E-state index contributed by atoms with van der Waals surface area (Å²) in [7, 11) is -3.48. The highest BCUT2D eigenvalue weighted by atomic mass is 32.2. The van der Waals surface area contributed by atoms with Gasteiger partial charge in [-0.25, -0.2) is 17.6 Å². The summed E-state index contributed by atoms with van der Waals surface area (Å²) in [6.07, 6.45) is 7.35. The van der Waals surface area contributed by atoms with E-state index in [4.69, 9.17) is 0 Å². The molecule has 0 saturated heterocycles. The Morgan fingerprint density at radius 2 is 2.04 bits per heavy atom. The Hall–Kier alpha value is -2.09. The summed E-state index contributed by atoms with van der Waals surface area (Å²) in [6, 6.07) is 2.95. The molecule has 1 aromatic rings. The van der Waals surface area contributed by atoms with Gasteiger partial charge in [0.25, 0.3) is 0 Å². The number of rotatable bonds is 5. The van der Waals surface area contributed by atoms with E-state index in [2.05, 4.69) is 21.4 Å². The first kappa shape index (κ1) is 18.3. The molecule has 1 atom stereocenters. The minimum Gasteiger partial charge on any atom is -0.332 e. The second-order valence-corrected chi connectivity index (χ2v) is 7.66. The molecule has 8 heteroatoms. The summed E-state index contributed by atoms with van der Waals surface area (Å²) in [5, 5.41) is 5.19. The van der Waals surface area contributed by atoms with Crippen LogP contribution in [-0.2, 0) is 10.0 Å². The Bertz CT molecular complexity index is 747. The normalized spacial score (nSPS) is 16.0. The molecule has 0 saturated carbocycles. The van der Waals surface area contributed by atoms with Crippen LogP contribution in [0.1, 0.15) is 32.6 Å². The third kappa shape index (κ3) is 5.52. The van der Waals surface area contributed by atoms with Gasteiger partial charge in [-0.15, -0.1) is 0 Å². The fourth-order valence-corrected chi connectivity index (χ4v) is 3.16. The molecular formula is C16H22FN3O3S. The predicted octanol–water partition coefficient (Wildman–Crippen LogP) is 3.21. The van der Waals surface area contributed by atoms with Gasteiger partial charge in [0.1, 0.15) is 5.82 Å². The Labute approximate surface area is 141 Å². The third-order valence-corrected chi connectivity index (χ3v) is 4.35. The van der Waals surface area contributed by atoms with Crippen molar-refractivity contribution in [2.24, 2.45) is 0 Å². The zero-order chi connectivity index (χ0) is 17.7. The quantitative estimate of drug-likeness (QED) is 0.709. The molecule has 0 unspecified atom stereocenters. The van der Waals surface area contributed by atoms with E-state index in [9.17, 15) is 17.6 Å². The van der Waals surface area contributed by atoms with Crippen LogP contribution in [0.2, 0.25) is 0 Å². The highest BCUT2D eigenvalue weighted by Gasteiger charge is 2.15. The Kier molecular flexibility index (Phi) is 5.82. The van der Waals surface area contributed by atoms with Crippen molar-refractivity contribution in [3.8, 4) is 0 Å². The van der Waals surface area contributed by atoms with Gasteiger partial charge in [-0.3, -0.25) is 4.72 Å². The van der Waals surface area contributed by atoms with E-state index in [1.165, 1.54) is 17.7 Å². The SMILES string of the molecule is C[C@H](NC(=O)Nc1cc(NS(C)(=O)=O)ccc1F)C1=CCCCC1. The second kappa shape index (κ2) is 7.65. The lowest BCUT2D eigenvalue weighted by atomic mass is 9.95. The molecule has 24 heavy (non-hydrogen) atoms. The van der Waals surface area contributed by atoms with Crippen molar-refractivity contribution in [3.63, 3.8) is 0 Å². The van der Waals surface area contributed by atoms with Gasteiger partial charge in [-0.2, -0.15) is 0 Å². The van der Waals surface area contributed by atoms with E-state index in [1.54, 1.807) is 0 Å². The van der Waals surface area contributed by atoms with Crippen LogP contribution in [0.4, 0.5) is 20.6 Å². The zero-order valence-corrected chi connectivity index (χ0v) is 14.5. The van der Waals surface area contributed by atoms with Crippen LogP contribution in [0.5, 0.6) is 0 Å². The van der Waals surface area contributed by atoms with Gasteiger partial charge in [0.2, 0.25) is 10.0 Å². The van der Waals surface area contributed by atoms with Crippen molar-refractivity contribution in [3.05, 3.63) is 35.7 Å². The number of nitrogens with one attached hydrogen (secondary N) is 3. The summed E-state index contributed by atoms with van der Waals surface area (Å²) in [5.41, 5.74) is 1.26. The number of carbonyl (C=O) groups excluding carboxylic acids is 1. The zero-order valence-electron chi connectivity index (χ0n) is 13.7. The molecule has 1 aliphatic carbocycles. The van der Waals surface area contributed by atoms with E-state index >= 15 is 0 Å². The molecule has 132 valence electrons. The fourth-order valence-electron chi connectivity index (χ4n) is 2.60. The number of hydrogen-bond donors (Lipinski definition) is 3. The van der Waals surface area contributed by atoms with Crippen molar-refractivity contribution in [1.29, 1.82) is 0 Å². The topological polar surface area (TPSA) is 87.3 Å². The summed E-state index contributed by atoms with van der Waals surface area (Å²) in [6.45, 7) is 1.88. The average molecular weight is 355 g/mol. The van der Waals surface area contributed by atoms with Crippen molar-refractivity contribution in [2.45, 2.75) is 38.6 Å². The number of urea groups is 1. The molecule has 6 nitrogen and oxygen atoms in total. The minimum absolute atomic E-state index is 0.0917. The van der Waals surface area contributed by atoms with Gasteiger partial charge in [-0.1, -0.05) is 11.6 Å². The number of sulfonamides is 1. The molecule has 0 radical (unpaired) electrons. The average Bonchev–Trinajstić information content (AvgIpc) is 2.50. The lowest BCUT2D eigenvalue weighted by Gasteiger charge is -2.21. The van der Waals surface area contributed by atoms with Crippen molar-refractivity contribution < 1.29 is 17.6 Å². The Morgan fingerprint density at radius 1 is 1.29 bits per heavy atom.